The molecule has 0 unspecified atom stereocenters. The van der Waals surface area contributed by atoms with Gasteiger partial charge in [-0.25, -0.2) is 0 Å². The van der Waals surface area contributed by atoms with Crippen molar-refractivity contribution in [2.24, 2.45) is 0 Å². The van der Waals surface area contributed by atoms with E-state index in [-0.39, 0.29) is 11.2 Å². The number of nitro benzene ring substituents is 1. The monoisotopic (exact) mass is 336 g/mol. The first-order valence-corrected chi connectivity index (χ1v) is 7.65. The van der Waals surface area contributed by atoms with Gasteiger partial charge in [0.05, 0.1) is 18.6 Å². The van der Waals surface area contributed by atoms with Gasteiger partial charge in [0.2, 0.25) is 0 Å². The number of ether oxygens (including phenoxy) is 1. The lowest BCUT2D eigenvalue weighted by Gasteiger charge is -2.09. The molecule has 3 aromatic rings. The number of hydrogen-bond donors (Lipinski definition) is 0. The normalized spacial score (nSPS) is 10.4. The van der Waals surface area contributed by atoms with Crippen LogP contribution < -0.4 is 10.3 Å². The van der Waals surface area contributed by atoms with E-state index in [0.29, 0.717) is 6.54 Å². The Morgan fingerprint density at radius 3 is 2.20 bits per heavy atom. The van der Waals surface area contributed by atoms with Crippen LogP contribution in [0.15, 0.2) is 71.7 Å². The Morgan fingerprint density at radius 1 is 0.960 bits per heavy atom. The van der Waals surface area contributed by atoms with Crippen molar-refractivity contribution < 1.29 is 9.66 Å². The van der Waals surface area contributed by atoms with E-state index in [4.69, 9.17) is 4.74 Å². The number of methoxy groups -OCH3 is 1. The zero-order valence-electron chi connectivity index (χ0n) is 13.6. The van der Waals surface area contributed by atoms with E-state index in [1.807, 2.05) is 24.3 Å². The second kappa shape index (κ2) is 7.00. The maximum atomic E-state index is 12.1. The number of pyridine rings is 1. The van der Waals surface area contributed by atoms with Crippen LogP contribution in [0.25, 0.3) is 11.1 Å². The van der Waals surface area contributed by atoms with E-state index in [1.165, 1.54) is 18.2 Å². The minimum atomic E-state index is -0.444. The van der Waals surface area contributed by atoms with Crippen LogP contribution >= 0.6 is 0 Å². The fourth-order valence-corrected chi connectivity index (χ4v) is 2.53. The molecule has 0 N–H and O–H groups in total. The third kappa shape index (κ3) is 3.74. The molecular formula is C19H16N2O4. The number of nitrogens with zero attached hydrogens (tertiary/aromatic N) is 2. The van der Waals surface area contributed by atoms with Gasteiger partial charge in [-0.2, -0.15) is 0 Å². The first-order valence-electron chi connectivity index (χ1n) is 7.65. The third-order valence-corrected chi connectivity index (χ3v) is 3.91. The van der Waals surface area contributed by atoms with Crippen molar-refractivity contribution in [1.82, 2.24) is 4.57 Å². The van der Waals surface area contributed by atoms with Crippen molar-refractivity contribution in [3.05, 3.63) is 92.9 Å². The highest BCUT2D eigenvalue weighted by molar-refractivity contribution is 5.63. The molecule has 0 saturated carbocycles. The summed E-state index contributed by atoms with van der Waals surface area (Å²) in [5.41, 5.74) is 2.60. The Labute approximate surface area is 144 Å². The lowest BCUT2D eigenvalue weighted by Crippen LogP contribution is -2.19. The summed E-state index contributed by atoms with van der Waals surface area (Å²) in [6.45, 7) is 0.348. The summed E-state index contributed by atoms with van der Waals surface area (Å²) in [5, 5.41) is 10.7. The predicted molar refractivity (Wildman–Crippen MR) is 94.9 cm³/mol. The van der Waals surface area contributed by atoms with Crippen LogP contribution in [0, 0.1) is 10.1 Å². The summed E-state index contributed by atoms with van der Waals surface area (Å²) >= 11 is 0. The van der Waals surface area contributed by atoms with Crippen molar-refractivity contribution in [2.45, 2.75) is 6.54 Å². The van der Waals surface area contributed by atoms with Gasteiger partial charge in [0.25, 0.3) is 11.2 Å². The molecule has 126 valence electrons. The van der Waals surface area contributed by atoms with Crippen molar-refractivity contribution in [2.75, 3.05) is 7.11 Å². The predicted octanol–water partition coefficient (Wildman–Crippen LogP) is 3.48. The van der Waals surface area contributed by atoms with Gasteiger partial charge >= 0.3 is 0 Å². The van der Waals surface area contributed by atoms with E-state index in [2.05, 4.69) is 0 Å². The zero-order chi connectivity index (χ0) is 17.8. The molecule has 6 nitrogen and oxygen atoms in total. The number of non-ortho nitro benzene ring substituents is 1. The lowest BCUT2D eigenvalue weighted by molar-refractivity contribution is -0.384. The van der Waals surface area contributed by atoms with E-state index >= 15 is 0 Å². The molecule has 25 heavy (non-hydrogen) atoms. The van der Waals surface area contributed by atoms with Gasteiger partial charge < -0.3 is 9.30 Å². The molecule has 0 atom stereocenters. The number of hydrogen-bond acceptors (Lipinski definition) is 4. The minimum absolute atomic E-state index is 0.0306. The van der Waals surface area contributed by atoms with Gasteiger partial charge in [-0.3, -0.25) is 14.9 Å². The number of aromatic nitrogens is 1. The Kier molecular flexibility index (Phi) is 4.61. The van der Waals surface area contributed by atoms with Crippen molar-refractivity contribution >= 4 is 5.69 Å². The minimum Gasteiger partial charge on any atom is -0.497 e. The lowest BCUT2D eigenvalue weighted by atomic mass is 10.1. The summed E-state index contributed by atoms with van der Waals surface area (Å²) in [6, 6.07) is 17.1. The molecule has 0 radical (unpaired) electrons. The molecule has 0 aliphatic carbocycles. The molecule has 6 heteroatoms. The molecule has 0 amide bonds. The molecule has 1 heterocycles. The summed E-state index contributed by atoms with van der Waals surface area (Å²) in [4.78, 5) is 22.4. The van der Waals surface area contributed by atoms with E-state index < -0.39 is 4.92 Å². The maximum absolute atomic E-state index is 12.1. The fraction of sp³-hybridized carbons (Fsp3) is 0.105. The second-order valence-electron chi connectivity index (χ2n) is 5.54. The molecule has 2 aromatic carbocycles. The van der Waals surface area contributed by atoms with Crippen LogP contribution in [0.3, 0.4) is 0 Å². The van der Waals surface area contributed by atoms with Crippen LogP contribution in [0.1, 0.15) is 5.56 Å². The Morgan fingerprint density at radius 2 is 1.60 bits per heavy atom. The number of rotatable bonds is 5. The van der Waals surface area contributed by atoms with Crippen molar-refractivity contribution in [1.29, 1.82) is 0 Å². The topological polar surface area (TPSA) is 74.4 Å². The first kappa shape index (κ1) is 16.4. The Balaban J connectivity index is 1.88. The highest BCUT2D eigenvalue weighted by Crippen LogP contribution is 2.21. The molecule has 0 aliphatic heterocycles. The highest BCUT2D eigenvalue weighted by atomic mass is 16.6. The summed E-state index contributed by atoms with van der Waals surface area (Å²) < 4.78 is 6.73. The van der Waals surface area contributed by atoms with Gasteiger partial charge in [-0.05, 0) is 34.9 Å². The smallest absolute Gasteiger partial charge is 0.269 e. The van der Waals surface area contributed by atoms with Crippen LogP contribution in [0.2, 0.25) is 0 Å². The van der Waals surface area contributed by atoms with Gasteiger partial charge in [0, 0.05) is 24.4 Å². The Hall–Kier alpha value is -3.41. The fourth-order valence-electron chi connectivity index (χ4n) is 2.53. The van der Waals surface area contributed by atoms with Gasteiger partial charge in [-0.1, -0.05) is 24.3 Å². The number of benzene rings is 2. The van der Waals surface area contributed by atoms with Crippen molar-refractivity contribution in [3.8, 4) is 16.9 Å². The van der Waals surface area contributed by atoms with Crippen LogP contribution in [0.4, 0.5) is 5.69 Å². The molecular weight excluding hydrogens is 320 g/mol. The first-order chi connectivity index (χ1) is 12.1. The standard InChI is InChI=1S/C19H16N2O4/c1-25-18-9-4-15(5-10-18)16-6-11-19(22)20(13-16)12-14-2-7-17(8-3-14)21(23)24/h2-11,13H,12H2,1H3. The maximum Gasteiger partial charge on any atom is 0.269 e. The summed E-state index contributed by atoms with van der Waals surface area (Å²) in [5.74, 6) is 0.767. The van der Waals surface area contributed by atoms with Crippen LogP contribution in [0.5, 0.6) is 5.75 Å². The van der Waals surface area contributed by atoms with E-state index in [0.717, 1.165) is 22.4 Å². The van der Waals surface area contributed by atoms with Gasteiger partial charge in [-0.15, -0.1) is 0 Å². The van der Waals surface area contributed by atoms with Crippen LogP contribution in [-0.2, 0) is 6.54 Å². The van der Waals surface area contributed by atoms with E-state index in [9.17, 15) is 14.9 Å². The third-order valence-electron chi connectivity index (χ3n) is 3.91. The molecule has 0 bridgehead atoms. The van der Waals surface area contributed by atoms with Crippen molar-refractivity contribution in [3.63, 3.8) is 0 Å². The zero-order valence-corrected chi connectivity index (χ0v) is 13.6. The Bertz CT molecular complexity index is 944. The van der Waals surface area contributed by atoms with Gasteiger partial charge in [0.1, 0.15) is 5.75 Å². The summed E-state index contributed by atoms with van der Waals surface area (Å²) in [6.07, 6.45) is 1.78. The number of nitro groups is 1. The average molecular weight is 336 g/mol. The average Bonchev–Trinajstić information content (AvgIpc) is 2.64. The highest BCUT2D eigenvalue weighted by Gasteiger charge is 2.06. The summed E-state index contributed by atoms with van der Waals surface area (Å²) in [7, 11) is 1.61. The molecule has 0 saturated heterocycles. The van der Waals surface area contributed by atoms with E-state index in [1.54, 1.807) is 36.1 Å². The molecule has 0 spiro atoms. The molecule has 3 rings (SSSR count). The quantitative estimate of drug-likeness (QED) is 0.528. The molecule has 1 aromatic heterocycles. The molecule has 0 fully saturated rings. The molecule has 0 aliphatic rings. The second-order valence-corrected chi connectivity index (χ2v) is 5.54. The van der Waals surface area contributed by atoms with Gasteiger partial charge in [0.15, 0.2) is 0 Å². The largest absolute Gasteiger partial charge is 0.497 e. The van der Waals surface area contributed by atoms with Crippen LogP contribution in [-0.4, -0.2) is 16.6 Å². The SMILES string of the molecule is COc1ccc(-c2ccc(=O)n(Cc3ccc([N+](=O)[O-])cc3)c2)cc1.